The number of rotatable bonds is 3. The van der Waals surface area contributed by atoms with Gasteiger partial charge >= 0.3 is 5.91 Å². The van der Waals surface area contributed by atoms with Gasteiger partial charge in [-0.3, -0.25) is 14.9 Å². The summed E-state index contributed by atoms with van der Waals surface area (Å²) in [7, 11) is 0. The monoisotopic (exact) mass is 384 g/mol. The van der Waals surface area contributed by atoms with Gasteiger partial charge in [0.2, 0.25) is 5.88 Å². The standard InChI is InChI=1S/C18H16N4O4S/c1-9-2-5-14-10(6-9)7-15(27-14)17(23)21-20-16-12-8-11(22(25)26)3-4-13(12)19-18(16)24/h3-4,7-9,19,24H,2,5-6H2,1H3/t9-/m1/s1. The summed E-state index contributed by atoms with van der Waals surface area (Å²) in [4.78, 5) is 27.2. The van der Waals surface area contributed by atoms with E-state index in [2.05, 4.69) is 22.1 Å². The molecule has 3 aromatic rings. The van der Waals surface area contributed by atoms with Crippen molar-refractivity contribution >= 4 is 39.5 Å². The van der Waals surface area contributed by atoms with Gasteiger partial charge in [0.15, 0.2) is 5.69 Å². The zero-order valence-electron chi connectivity index (χ0n) is 14.4. The van der Waals surface area contributed by atoms with Crippen LogP contribution in [0, 0.1) is 16.0 Å². The first-order chi connectivity index (χ1) is 12.9. The second-order valence-electron chi connectivity index (χ2n) is 6.72. The summed E-state index contributed by atoms with van der Waals surface area (Å²) in [6, 6.07) is 5.95. The average Bonchev–Trinajstić information content (AvgIpc) is 3.18. The Morgan fingerprint density at radius 1 is 1.41 bits per heavy atom. The number of carbonyl (C=O) groups excluding carboxylic acids is 1. The number of H-pyrrole nitrogens is 1. The number of carbonyl (C=O) groups is 1. The Labute approximate surface area is 157 Å². The molecule has 1 aliphatic rings. The van der Waals surface area contributed by atoms with Crippen molar-refractivity contribution in [3.8, 4) is 5.88 Å². The molecule has 138 valence electrons. The second-order valence-corrected chi connectivity index (χ2v) is 7.86. The van der Waals surface area contributed by atoms with Crippen molar-refractivity contribution in [3.63, 3.8) is 0 Å². The number of fused-ring (bicyclic) bond motifs is 2. The summed E-state index contributed by atoms with van der Waals surface area (Å²) in [6.07, 6.45) is 3.05. The first kappa shape index (κ1) is 17.3. The lowest BCUT2D eigenvalue weighted by Gasteiger charge is -2.16. The summed E-state index contributed by atoms with van der Waals surface area (Å²) >= 11 is 1.43. The van der Waals surface area contributed by atoms with Crippen LogP contribution in [0.15, 0.2) is 34.5 Å². The van der Waals surface area contributed by atoms with Crippen LogP contribution in [0.3, 0.4) is 0 Å². The smallest absolute Gasteiger partial charge is 0.305 e. The Hall–Kier alpha value is -3.07. The average molecular weight is 384 g/mol. The zero-order valence-corrected chi connectivity index (χ0v) is 15.2. The molecule has 1 amide bonds. The lowest BCUT2D eigenvalue weighted by atomic mass is 9.90. The largest absolute Gasteiger partial charge is 0.493 e. The van der Waals surface area contributed by atoms with Crippen LogP contribution < -0.4 is 0 Å². The molecule has 0 fully saturated rings. The van der Waals surface area contributed by atoms with Crippen molar-refractivity contribution in [2.45, 2.75) is 26.2 Å². The van der Waals surface area contributed by atoms with Gasteiger partial charge in [-0.25, -0.2) is 0 Å². The van der Waals surface area contributed by atoms with Crippen LogP contribution in [-0.2, 0) is 12.8 Å². The summed E-state index contributed by atoms with van der Waals surface area (Å²) in [6.45, 7) is 2.20. The Balaban J connectivity index is 1.64. The van der Waals surface area contributed by atoms with Gasteiger partial charge in [0.05, 0.1) is 15.3 Å². The first-order valence-electron chi connectivity index (χ1n) is 8.49. The highest BCUT2D eigenvalue weighted by molar-refractivity contribution is 7.14. The quantitative estimate of drug-likeness (QED) is 0.379. The van der Waals surface area contributed by atoms with Gasteiger partial charge in [0.1, 0.15) is 0 Å². The van der Waals surface area contributed by atoms with Crippen LogP contribution in [0.1, 0.15) is 33.5 Å². The number of nitro groups is 1. The van der Waals surface area contributed by atoms with Crippen molar-refractivity contribution in [1.29, 1.82) is 0 Å². The van der Waals surface area contributed by atoms with Gasteiger partial charge < -0.3 is 10.1 Å². The summed E-state index contributed by atoms with van der Waals surface area (Å²) in [5, 5.41) is 28.9. The van der Waals surface area contributed by atoms with Crippen LogP contribution in [-0.4, -0.2) is 20.9 Å². The zero-order chi connectivity index (χ0) is 19.1. The minimum Gasteiger partial charge on any atom is -0.493 e. The summed E-state index contributed by atoms with van der Waals surface area (Å²) in [5.41, 5.74) is 1.55. The molecule has 0 saturated heterocycles. The number of benzene rings is 1. The molecule has 27 heavy (non-hydrogen) atoms. The molecule has 1 atom stereocenters. The summed E-state index contributed by atoms with van der Waals surface area (Å²) in [5.74, 6) is -0.168. The number of amides is 1. The van der Waals surface area contributed by atoms with E-state index >= 15 is 0 Å². The van der Waals surface area contributed by atoms with Crippen molar-refractivity contribution in [2.75, 3.05) is 0 Å². The molecular weight excluding hydrogens is 368 g/mol. The maximum atomic E-state index is 12.4. The van der Waals surface area contributed by atoms with E-state index in [1.807, 2.05) is 6.07 Å². The lowest BCUT2D eigenvalue weighted by molar-refractivity contribution is -0.384. The van der Waals surface area contributed by atoms with Crippen LogP contribution in [0.25, 0.3) is 10.9 Å². The van der Waals surface area contributed by atoms with Crippen molar-refractivity contribution < 1.29 is 14.8 Å². The molecule has 1 aromatic carbocycles. The molecular formula is C18H16N4O4S. The molecule has 2 aromatic heterocycles. The number of hydrogen-bond acceptors (Lipinski definition) is 6. The van der Waals surface area contributed by atoms with Crippen LogP contribution in [0.4, 0.5) is 11.4 Å². The third kappa shape index (κ3) is 3.21. The SMILES string of the molecule is C[C@@H]1CCc2sc(C(=O)N=Nc3c(O)[nH]c4ccc([N+](=O)[O-])cc34)cc2C1. The molecule has 0 spiro atoms. The fraction of sp³-hybridized carbons (Fsp3) is 0.278. The molecule has 0 bridgehead atoms. The van der Waals surface area contributed by atoms with E-state index in [9.17, 15) is 20.0 Å². The normalized spacial score (nSPS) is 16.7. The number of non-ortho nitro benzene ring substituents is 1. The van der Waals surface area contributed by atoms with Crippen LogP contribution in [0.5, 0.6) is 5.88 Å². The van der Waals surface area contributed by atoms with Crippen molar-refractivity contribution in [3.05, 3.63) is 49.7 Å². The van der Waals surface area contributed by atoms with Gasteiger partial charge in [-0.2, -0.15) is 0 Å². The van der Waals surface area contributed by atoms with E-state index in [1.165, 1.54) is 40.0 Å². The number of aromatic amines is 1. The molecule has 4 rings (SSSR count). The number of thiophene rings is 1. The van der Waals surface area contributed by atoms with Gasteiger partial charge in [-0.15, -0.1) is 21.6 Å². The number of nitro benzene ring substituents is 1. The number of aromatic nitrogens is 1. The van der Waals surface area contributed by atoms with Gasteiger partial charge in [-0.1, -0.05) is 6.92 Å². The topological polar surface area (TPSA) is 121 Å². The van der Waals surface area contributed by atoms with Gasteiger partial charge in [0, 0.05) is 22.4 Å². The maximum absolute atomic E-state index is 12.4. The van der Waals surface area contributed by atoms with E-state index in [0.717, 1.165) is 19.3 Å². The van der Waals surface area contributed by atoms with Crippen LogP contribution >= 0.6 is 11.3 Å². The highest BCUT2D eigenvalue weighted by Crippen LogP contribution is 2.38. The number of hydrogen-bond donors (Lipinski definition) is 2. The Kier molecular flexibility index (Phi) is 4.23. The molecule has 8 nitrogen and oxygen atoms in total. The first-order valence-corrected chi connectivity index (χ1v) is 9.30. The number of aromatic hydroxyl groups is 1. The Bertz CT molecular complexity index is 1100. The molecule has 0 aliphatic heterocycles. The minimum atomic E-state index is -0.535. The lowest BCUT2D eigenvalue weighted by Crippen LogP contribution is -2.08. The Morgan fingerprint density at radius 3 is 3.00 bits per heavy atom. The molecule has 1 aliphatic carbocycles. The number of nitrogens with one attached hydrogen (secondary N) is 1. The highest BCUT2D eigenvalue weighted by atomic mass is 32.1. The van der Waals surface area contributed by atoms with Crippen LogP contribution in [0.2, 0.25) is 0 Å². The molecule has 0 saturated carbocycles. The number of nitrogens with zero attached hydrogens (tertiary/aromatic N) is 3. The van der Waals surface area contributed by atoms with E-state index < -0.39 is 10.8 Å². The maximum Gasteiger partial charge on any atom is 0.305 e. The third-order valence-corrected chi connectivity index (χ3v) is 5.95. The van der Waals surface area contributed by atoms with E-state index in [1.54, 1.807) is 0 Å². The van der Waals surface area contributed by atoms with E-state index in [4.69, 9.17) is 0 Å². The number of aryl methyl sites for hydroxylation is 1. The van der Waals surface area contributed by atoms with Gasteiger partial charge in [-0.05, 0) is 42.9 Å². The van der Waals surface area contributed by atoms with Gasteiger partial charge in [0.25, 0.3) is 5.69 Å². The van der Waals surface area contributed by atoms with Crippen molar-refractivity contribution in [1.82, 2.24) is 4.98 Å². The second kappa shape index (κ2) is 6.58. The third-order valence-electron chi connectivity index (χ3n) is 4.73. The highest BCUT2D eigenvalue weighted by Gasteiger charge is 2.21. The predicted molar refractivity (Wildman–Crippen MR) is 101 cm³/mol. The Morgan fingerprint density at radius 2 is 2.22 bits per heavy atom. The molecule has 9 heteroatoms. The number of azo groups is 1. The molecule has 0 radical (unpaired) electrons. The molecule has 2 heterocycles. The molecule has 2 N–H and O–H groups in total. The predicted octanol–water partition coefficient (Wildman–Crippen LogP) is 4.89. The molecule has 0 unspecified atom stereocenters. The fourth-order valence-electron chi connectivity index (χ4n) is 3.32. The summed E-state index contributed by atoms with van der Waals surface area (Å²) < 4.78 is 0. The van der Waals surface area contributed by atoms with E-state index in [0.29, 0.717) is 21.7 Å². The van der Waals surface area contributed by atoms with E-state index in [-0.39, 0.29) is 17.3 Å². The fourth-order valence-corrected chi connectivity index (χ4v) is 4.41. The minimum absolute atomic E-state index is 0.0111. The van der Waals surface area contributed by atoms with Crippen molar-refractivity contribution in [2.24, 2.45) is 16.1 Å².